The molecule has 18 heteroatoms. The van der Waals surface area contributed by atoms with Gasteiger partial charge in [0.05, 0.1) is 61.7 Å². The molecule has 0 radical (unpaired) electrons. The highest BCUT2D eigenvalue weighted by Gasteiger charge is 2.32. The standard InChI is InChI=1S/C26H27N7O2S.C20H18N4O3S/c1-32(7-8-33-6-5-27-15-33)26(34)16-3-4-19-22(11-16)36-25-23(19)24(29-14-30-25)31-20-9-17-12-28-13-18(17)10-21(20)35-2;1-27-15-5-12-8-21-7-11(12)4-14(15)24-18-17-13-3-2-10(20(25)26)6-16(13)28-19(17)23-9-22-18/h5-6,9-10,12,14-16H,3-4,7-8,11,13H2,1-2H3,(H,29,30,31);4-5,7,9-10H,2-3,6,8H2,1H3,(H,25,26)(H,22,23,24)/t16-;10-/m00/s1. The van der Waals surface area contributed by atoms with E-state index < -0.39 is 5.97 Å². The van der Waals surface area contributed by atoms with Crippen molar-refractivity contribution in [3.8, 4) is 11.5 Å². The van der Waals surface area contributed by atoms with E-state index in [2.05, 4.69) is 51.6 Å². The second-order valence-electron chi connectivity index (χ2n) is 16.3. The number of nitrogens with one attached hydrogen (secondary N) is 2. The lowest BCUT2D eigenvalue weighted by molar-refractivity contribution is -0.142. The summed E-state index contributed by atoms with van der Waals surface area (Å²) < 4.78 is 13.2. The van der Waals surface area contributed by atoms with Gasteiger partial charge >= 0.3 is 5.97 Å². The molecule has 7 aromatic rings. The SMILES string of the molecule is COc1cc2c(cc1Nc1ncnc3sc4c(c13)CC[C@H](C(=O)N(C)CCn1ccnc1)C4)C=NC2.COc1cc2c(cc1Nc1ncnc3sc4c(c13)CC[C@H](C(=O)O)C4)C=NC2. The lowest BCUT2D eigenvalue weighted by atomic mass is 9.87. The van der Waals surface area contributed by atoms with E-state index in [-0.39, 0.29) is 17.7 Å². The number of benzene rings is 2. The van der Waals surface area contributed by atoms with Crippen LogP contribution in [0.5, 0.6) is 11.5 Å². The molecule has 2 aliphatic heterocycles. The maximum Gasteiger partial charge on any atom is 0.306 e. The molecule has 326 valence electrons. The van der Waals surface area contributed by atoms with Gasteiger partial charge in [0.2, 0.25) is 5.91 Å². The summed E-state index contributed by atoms with van der Waals surface area (Å²) in [4.78, 5) is 61.4. The summed E-state index contributed by atoms with van der Waals surface area (Å²) in [5.74, 6) is 2.15. The lowest BCUT2D eigenvalue weighted by Crippen LogP contribution is -2.37. The fraction of sp³-hybridized carbons (Fsp3) is 0.326. The van der Waals surface area contributed by atoms with E-state index in [1.165, 1.54) is 16.0 Å². The predicted molar refractivity (Wildman–Crippen MR) is 249 cm³/mol. The van der Waals surface area contributed by atoms with Crippen molar-refractivity contribution in [3.05, 3.63) is 98.8 Å². The number of aromatic nitrogens is 6. The van der Waals surface area contributed by atoms with Crippen molar-refractivity contribution >= 4 is 90.4 Å². The van der Waals surface area contributed by atoms with Gasteiger partial charge in [0.1, 0.15) is 45.5 Å². The number of likely N-dealkylation sites (N-methyl/N-ethyl adjacent to an activating group) is 1. The first kappa shape index (κ1) is 41.2. The zero-order valence-electron chi connectivity index (χ0n) is 35.5. The van der Waals surface area contributed by atoms with Gasteiger partial charge in [0.15, 0.2) is 0 Å². The molecule has 11 rings (SSSR count). The van der Waals surface area contributed by atoms with Crippen molar-refractivity contribution in [2.75, 3.05) is 38.4 Å². The van der Waals surface area contributed by atoms with Crippen molar-refractivity contribution in [2.45, 2.75) is 58.2 Å². The second-order valence-corrected chi connectivity index (χ2v) is 18.4. The number of hydrogen-bond acceptors (Lipinski definition) is 15. The minimum atomic E-state index is -0.725. The van der Waals surface area contributed by atoms with E-state index >= 15 is 0 Å². The monoisotopic (exact) mass is 895 g/mol. The zero-order chi connectivity index (χ0) is 43.9. The van der Waals surface area contributed by atoms with Gasteiger partial charge in [-0.25, -0.2) is 24.9 Å². The van der Waals surface area contributed by atoms with E-state index in [1.807, 2.05) is 53.3 Å². The highest BCUT2D eigenvalue weighted by atomic mass is 32.1. The molecule has 0 fully saturated rings. The van der Waals surface area contributed by atoms with Crippen LogP contribution in [0, 0.1) is 11.8 Å². The molecule has 0 saturated heterocycles. The number of thiophene rings is 2. The van der Waals surface area contributed by atoms with Crippen molar-refractivity contribution in [1.82, 2.24) is 34.4 Å². The number of aryl methyl sites for hydroxylation is 2. The van der Waals surface area contributed by atoms with Crippen LogP contribution in [0.4, 0.5) is 23.0 Å². The Labute approximate surface area is 376 Å². The van der Waals surface area contributed by atoms with Gasteiger partial charge in [-0.1, -0.05) is 0 Å². The summed E-state index contributed by atoms with van der Waals surface area (Å²) >= 11 is 3.24. The molecule has 0 spiro atoms. The Morgan fingerprint density at radius 1 is 0.797 bits per heavy atom. The van der Waals surface area contributed by atoms with Gasteiger partial charge in [-0.05, 0) is 96.2 Å². The Balaban J connectivity index is 0.000000156. The molecule has 2 atom stereocenters. The fourth-order valence-electron chi connectivity index (χ4n) is 9.00. The number of imidazole rings is 1. The number of carboxylic acids is 1. The molecular weight excluding hydrogens is 851 g/mol. The number of carbonyl (C=O) groups excluding carboxylic acids is 1. The quantitative estimate of drug-likeness (QED) is 0.117. The molecule has 2 aliphatic carbocycles. The van der Waals surface area contributed by atoms with Crippen LogP contribution in [0.2, 0.25) is 0 Å². The smallest absolute Gasteiger partial charge is 0.306 e. The van der Waals surface area contributed by atoms with Gasteiger partial charge in [-0.15, -0.1) is 22.7 Å². The highest BCUT2D eigenvalue weighted by Crippen LogP contribution is 2.44. The molecule has 7 heterocycles. The number of aliphatic imine (C=N–C) groups is 2. The first-order chi connectivity index (χ1) is 31.2. The summed E-state index contributed by atoms with van der Waals surface area (Å²) in [6.07, 6.45) is 16.7. The molecule has 64 heavy (non-hydrogen) atoms. The maximum atomic E-state index is 13.2. The van der Waals surface area contributed by atoms with Crippen LogP contribution < -0.4 is 20.1 Å². The molecule has 3 N–H and O–H groups in total. The van der Waals surface area contributed by atoms with Gasteiger partial charge in [-0.2, -0.15) is 0 Å². The fourth-order valence-corrected chi connectivity index (χ4v) is 11.5. The molecule has 2 aromatic carbocycles. The Morgan fingerprint density at radius 3 is 1.86 bits per heavy atom. The first-order valence-corrected chi connectivity index (χ1v) is 22.8. The molecule has 4 aliphatic rings. The normalized spacial score (nSPS) is 16.7. The van der Waals surface area contributed by atoms with E-state index in [9.17, 15) is 14.7 Å². The Bertz CT molecular complexity index is 3000. The van der Waals surface area contributed by atoms with Crippen LogP contribution in [0.3, 0.4) is 0 Å². The largest absolute Gasteiger partial charge is 0.495 e. The van der Waals surface area contributed by atoms with E-state index in [0.29, 0.717) is 32.5 Å². The van der Waals surface area contributed by atoms with Gasteiger partial charge in [0, 0.05) is 60.6 Å². The molecule has 5 aromatic heterocycles. The third-order valence-corrected chi connectivity index (χ3v) is 14.8. The number of hydrogen-bond donors (Lipinski definition) is 3. The van der Waals surface area contributed by atoms with Gasteiger partial charge in [-0.3, -0.25) is 19.6 Å². The lowest BCUT2D eigenvalue weighted by Gasteiger charge is -2.27. The summed E-state index contributed by atoms with van der Waals surface area (Å²) in [5.41, 5.74) is 8.57. The molecule has 1 amide bonds. The first-order valence-electron chi connectivity index (χ1n) is 21.1. The molecule has 16 nitrogen and oxygen atoms in total. The van der Waals surface area contributed by atoms with E-state index in [4.69, 9.17) is 9.47 Å². The number of carbonyl (C=O) groups is 2. The average Bonchev–Trinajstić information content (AvgIpc) is 4.17. The average molecular weight is 896 g/mol. The molecular formula is C46H45N11O5S2. The highest BCUT2D eigenvalue weighted by molar-refractivity contribution is 7.19. The number of amides is 1. The zero-order valence-corrected chi connectivity index (χ0v) is 37.1. The van der Waals surface area contributed by atoms with Crippen molar-refractivity contribution in [2.24, 2.45) is 21.8 Å². The van der Waals surface area contributed by atoms with E-state index in [0.717, 1.165) is 114 Å². The maximum absolute atomic E-state index is 13.2. The Kier molecular flexibility index (Phi) is 11.2. The number of aliphatic carboxylic acids is 1. The van der Waals surface area contributed by atoms with Crippen molar-refractivity contribution in [1.29, 1.82) is 0 Å². The van der Waals surface area contributed by atoms with Crippen molar-refractivity contribution in [3.63, 3.8) is 0 Å². The van der Waals surface area contributed by atoms with Gasteiger partial charge < -0.3 is 34.7 Å². The number of methoxy groups -OCH3 is 2. The molecule has 0 saturated carbocycles. The molecule has 0 unspecified atom stereocenters. The number of ether oxygens (including phenoxy) is 2. The van der Waals surface area contributed by atoms with Crippen LogP contribution in [0.1, 0.15) is 56.0 Å². The number of nitrogens with zero attached hydrogens (tertiary/aromatic N) is 9. The topological polar surface area (TPSA) is 194 Å². The third kappa shape index (κ3) is 7.91. The number of rotatable bonds is 11. The number of anilines is 4. The van der Waals surface area contributed by atoms with E-state index in [1.54, 1.807) is 62.1 Å². The Hall–Kier alpha value is -6.79. The second kappa shape index (κ2) is 17.4. The predicted octanol–water partition coefficient (Wildman–Crippen LogP) is 7.40. The van der Waals surface area contributed by atoms with Crippen LogP contribution in [-0.2, 0) is 54.9 Å². The van der Waals surface area contributed by atoms with Crippen molar-refractivity contribution < 1.29 is 24.2 Å². The van der Waals surface area contributed by atoms with Crippen LogP contribution in [-0.4, -0.2) is 91.6 Å². The van der Waals surface area contributed by atoms with Gasteiger partial charge in [0.25, 0.3) is 0 Å². The summed E-state index contributed by atoms with van der Waals surface area (Å²) in [6, 6.07) is 8.12. The minimum Gasteiger partial charge on any atom is -0.495 e. The van der Waals surface area contributed by atoms with Crippen LogP contribution in [0.25, 0.3) is 20.4 Å². The minimum absolute atomic E-state index is 0.0150. The summed E-state index contributed by atoms with van der Waals surface area (Å²) in [7, 11) is 5.22. The Morgan fingerprint density at radius 2 is 1.34 bits per heavy atom. The van der Waals surface area contributed by atoms with Crippen LogP contribution >= 0.6 is 22.7 Å². The summed E-state index contributed by atoms with van der Waals surface area (Å²) in [5, 5.41) is 18.3. The molecule has 0 bridgehead atoms. The summed E-state index contributed by atoms with van der Waals surface area (Å²) in [6.45, 7) is 2.76. The number of fused-ring (bicyclic) bond motifs is 8. The number of carboxylic acid groups (broad SMARTS) is 1. The van der Waals surface area contributed by atoms with Crippen LogP contribution in [0.15, 0.2) is 65.6 Å². The third-order valence-electron chi connectivity index (χ3n) is 12.4.